The molecule has 2 unspecified atom stereocenters. The van der Waals surface area contributed by atoms with E-state index in [1.807, 2.05) is 30.3 Å². The number of fused-ring (bicyclic) bond motifs is 1. The minimum Gasteiger partial charge on any atom is -0.482 e. The Kier molecular flexibility index (Phi) is 5.57. The molecule has 2 aromatic rings. The highest BCUT2D eigenvalue weighted by atomic mass is 32.2. The molecule has 0 aromatic heterocycles. The van der Waals surface area contributed by atoms with Gasteiger partial charge in [0.15, 0.2) is 5.75 Å². The summed E-state index contributed by atoms with van der Waals surface area (Å²) in [6.07, 6.45) is 1.47. The first-order valence-electron chi connectivity index (χ1n) is 12.8. The van der Waals surface area contributed by atoms with Gasteiger partial charge >= 0.3 is 5.69 Å². The van der Waals surface area contributed by atoms with Crippen molar-refractivity contribution in [2.45, 2.75) is 58.3 Å². The lowest BCUT2D eigenvalue weighted by Crippen LogP contribution is -2.47. The Bertz CT molecular complexity index is 1460. The number of nitro groups is 1. The fraction of sp³-hybridized carbons (Fsp3) is 0.481. The van der Waals surface area contributed by atoms with Gasteiger partial charge in [-0.3, -0.25) is 14.9 Å². The van der Waals surface area contributed by atoms with E-state index < -0.39 is 32.4 Å². The van der Waals surface area contributed by atoms with Gasteiger partial charge in [-0.15, -0.1) is 0 Å². The van der Waals surface area contributed by atoms with Crippen molar-refractivity contribution >= 4 is 27.3 Å². The van der Waals surface area contributed by atoms with E-state index in [2.05, 4.69) is 19.0 Å². The number of hydrogen-bond donors (Lipinski definition) is 0. The maximum atomic E-state index is 13.6. The van der Waals surface area contributed by atoms with E-state index in [0.717, 1.165) is 22.7 Å². The largest absolute Gasteiger partial charge is 0.482 e. The zero-order valence-corrected chi connectivity index (χ0v) is 22.0. The van der Waals surface area contributed by atoms with Crippen LogP contribution in [0, 0.1) is 26.9 Å². The second-order valence-corrected chi connectivity index (χ2v) is 13.2. The molecular formula is C27H29N3O7S. The van der Waals surface area contributed by atoms with E-state index in [-0.39, 0.29) is 41.7 Å². The van der Waals surface area contributed by atoms with Gasteiger partial charge in [0.1, 0.15) is 6.61 Å². The maximum absolute atomic E-state index is 13.6. The lowest BCUT2D eigenvalue weighted by molar-refractivity contribution is -0.385. The fourth-order valence-electron chi connectivity index (χ4n) is 7.10. The smallest absolute Gasteiger partial charge is 0.310 e. The second kappa shape index (κ2) is 8.52. The Hall–Kier alpha value is -3.47. The molecule has 10 nitrogen and oxygen atoms in total. The third-order valence-corrected chi connectivity index (χ3v) is 11.2. The molecule has 2 bridgehead atoms. The normalized spacial score (nSPS) is 30.0. The number of nitro benzene ring substituents is 1. The fourth-order valence-corrected chi connectivity index (χ4v) is 9.66. The number of ether oxygens (including phenoxy) is 1. The van der Waals surface area contributed by atoms with Crippen molar-refractivity contribution in [3.8, 4) is 5.75 Å². The molecular weight excluding hydrogens is 510 g/mol. The molecule has 1 amide bonds. The Morgan fingerprint density at radius 1 is 1.24 bits per heavy atom. The Labute approximate surface area is 220 Å². The molecule has 11 heteroatoms. The van der Waals surface area contributed by atoms with E-state index in [9.17, 15) is 23.3 Å². The predicted octanol–water partition coefficient (Wildman–Crippen LogP) is 4.03. The number of amides is 1. The minimum atomic E-state index is -3.78. The van der Waals surface area contributed by atoms with Crippen LogP contribution < -0.4 is 4.74 Å². The quantitative estimate of drug-likeness (QED) is 0.400. The van der Waals surface area contributed by atoms with Crippen molar-refractivity contribution in [3.63, 3.8) is 0 Å². The van der Waals surface area contributed by atoms with Gasteiger partial charge in [0, 0.05) is 23.5 Å². The van der Waals surface area contributed by atoms with Gasteiger partial charge in [-0.1, -0.05) is 49.3 Å². The molecule has 0 radical (unpaired) electrons. The van der Waals surface area contributed by atoms with E-state index in [4.69, 9.17) is 9.57 Å². The lowest BCUT2D eigenvalue weighted by Gasteiger charge is -2.37. The Morgan fingerprint density at radius 2 is 2.00 bits per heavy atom. The average molecular weight is 540 g/mol. The topological polar surface area (TPSA) is 128 Å². The lowest BCUT2D eigenvalue weighted by atomic mass is 9.69. The van der Waals surface area contributed by atoms with Crippen LogP contribution in [0.5, 0.6) is 5.75 Å². The average Bonchev–Trinajstić information content (AvgIpc) is 3.58. The molecule has 2 saturated carbocycles. The van der Waals surface area contributed by atoms with Crippen LogP contribution >= 0.6 is 0 Å². The molecule has 0 N–H and O–H groups in total. The highest BCUT2D eigenvalue weighted by Crippen LogP contribution is 2.70. The minimum absolute atomic E-state index is 0.00912. The number of oxime groups is 1. The summed E-state index contributed by atoms with van der Waals surface area (Å²) in [6, 6.07) is 13.3. The van der Waals surface area contributed by atoms with Crippen LogP contribution in [0.1, 0.15) is 50.7 Å². The number of carbonyl (C=O) groups is 1. The summed E-state index contributed by atoms with van der Waals surface area (Å²) in [6.45, 7) is 4.41. The third-order valence-electron chi connectivity index (χ3n) is 9.30. The summed E-state index contributed by atoms with van der Waals surface area (Å²) in [5.41, 5.74) is 1.01. The summed E-state index contributed by atoms with van der Waals surface area (Å²) >= 11 is 0. The summed E-state index contributed by atoms with van der Waals surface area (Å²) in [5.74, 6) is -0.132. The number of rotatable bonds is 6. The van der Waals surface area contributed by atoms with Gasteiger partial charge in [0.2, 0.25) is 16.1 Å². The third kappa shape index (κ3) is 3.62. The van der Waals surface area contributed by atoms with Crippen LogP contribution in [0.2, 0.25) is 0 Å². The molecule has 2 aliphatic heterocycles. The van der Waals surface area contributed by atoms with Gasteiger partial charge in [0.25, 0.3) is 5.91 Å². The number of hydrogen-bond acceptors (Lipinski definition) is 8. The first-order chi connectivity index (χ1) is 18.0. The zero-order valence-electron chi connectivity index (χ0n) is 21.2. The van der Waals surface area contributed by atoms with Crippen molar-refractivity contribution in [3.05, 3.63) is 69.8 Å². The number of carbonyl (C=O) groups excluding carboxylic acids is 1. The van der Waals surface area contributed by atoms with Crippen LogP contribution in [-0.2, 0) is 26.3 Å². The molecule has 2 heterocycles. The highest BCUT2D eigenvalue weighted by Gasteiger charge is 2.72. The van der Waals surface area contributed by atoms with E-state index >= 15 is 0 Å². The number of nitrogens with zero attached hydrogens (tertiary/aromatic N) is 3. The summed E-state index contributed by atoms with van der Waals surface area (Å²) in [5, 5.41) is 15.6. The van der Waals surface area contributed by atoms with Gasteiger partial charge < -0.3 is 9.57 Å². The van der Waals surface area contributed by atoms with Crippen molar-refractivity contribution < 1.29 is 27.7 Å². The summed E-state index contributed by atoms with van der Waals surface area (Å²) in [7, 11) is -3.78. The molecule has 2 aromatic carbocycles. The van der Waals surface area contributed by atoms with Crippen LogP contribution in [0.25, 0.3) is 0 Å². The zero-order chi connectivity index (χ0) is 26.9. The standard InChI is InChI=1S/C27H29N3O7S/c1-26(2)19-10-11-27(26)16-38(34,35)29(24(27)13-19)25(31)23-14-20(28-37-23)18-8-9-21(30(32)33)22(12-18)36-15-17-6-4-3-5-7-17/h3-9,12,19,23-24H,10-11,13-16H2,1-2H3/t19?,23?,24-,27-/m1/s1. The Morgan fingerprint density at radius 3 is 2.71 bits per heavy atom. The first-order valence-corrected chi connectivity index (χ1v) is 14.4. The molecule has 4 aliphatic rings. The van der Waals surface area contributed by atoms with Crippen molar-refractivity contribution in [2.24, 2.45) is 21.9 Å². The van der Waals surface area contributed by atoms with Crippen molar-refractivity contribution in [1.29, 1.82) is 0 Å². The van der Waals surface area contributed by atoms with Gasteiger partial charge in [-0.05, 0) is 48.3 Å². The molecule has 1 spiro atoms. The predicted molar refractivity (Wildman–Crippen MR) is 138 cm³/mol. The Balaban J connectivity index is 1.21. The van der Waals surface area contributed by atoms with Crippen LogP contribution in [-0.4, -0.2) is 47.2 Å². The van der Waals surface area contributed by atoms with Gasteiger partial charge in [0.05, 0.1) is 22.4 Å². The molecule has 6 rings (SSSR count). The van der Waals surface area contributed by atoms with Gasteiger partial charge in [-0.2, -0.15) is 0 Å². The molecule has 1 saturated heterocycles. The summed E-state index contributed by atoms with van der Waals surface area (Å²) < 4.78 is 33.4. The number of benzene rings is 2. The molecule has 200 valence electrons. The van der Waals surface area contributed by atoms with Crippen molar-refractivity contribution in [2.75, 3.05) is 5.75 Å². The monoisotopic (exact) mass is 539 g/mol. The molecule has 2 aliphatic carbocycles. The van der Waals surface area contributed by atoms with Crippen molar-refractivity contribution in [1.82, 2.24) is 4.31 Å². The van der Waals surface area contributed by atoms with E-state index in [1.54, 1.807) is 0 Å². The highest BCUT2D eigenvalue weighted by molar-refractivity contribution is 7.90. The SMILES string of the molecule is CC1(C)C2CC[C@]13CS(=O)(=O)N(C(=O)C1CC(c4ccc([N+](=O)[O-])c(OCc5ccccc5)c4)=NO1)[C@@H]3C2. The van der Waals surface area contributed by atoms with Crippen LogP contribution in [0.3, 0.4) is 0 Å². The van der Waals surface area contributed by atoms with Gasteiger partial charge in [-0.25, -0.2) is 12.7 Å². The first kappa shape index (κ1) is 24.8. The van der Waals surface area contributed by atoms with Crippen LogP contribution in [0.4, 0.5) is 5.69 Å². The molecule has 4 atom stereocenters. The second-order valence-electron chi connectivity index (χ2n) is 11.3. The summed E-state index contributed by atoms with van der Waals surface area (Å²) in [4.78, 5) is 30.1. The van der Waals surface area contributed by atoms with E-state index in [0.29, 0.717) is 23.6 Å². The maximum Gasteiger partial charge on any atom is 0.310 e. The number of sulfonamides is 1. The molecule has 3 fully saturated rings. The van der Waals surface area contributed by atoms with Crippen LogP contribution in [0.15, 0.2) is 53.7 Å². The molecule has 38 heavy (non-hydrogen) atoms. The van der Waals surface area contributed by atoms with E-state index in [1.165, 1.54) is 18.2 Å².